The Balaban J connectivity index is 1.97. The van der Waals surface area contributed by atoms with Crippen LogP contribution < -0.4 is 4.90 Å². The van der Waals surface area contributed by atoms with Gasteiger partial charge < -0.3 is 5.11 Å². The lowest BCUT2D eigenvalue weighted by atomic mass is 9.95. The zero-order valence-electron chi connectivity index (χ0n) is 15.0. The summed E-state index contributed by atoms with van der Waals surface area (Å²) in [6.07, 6.45) is 0. The largest absolute Gasteiger partial charge is 0.507 e. The number of ketones is 1. The number of carbonyl (C=O) groups excluding carboxylic acids is 2. The van der Waals surface area contributed by atoms with Crippen molar-refractivity contribution in [3.8, 4) is 0 Å². The van der Waals surface area contributed by atoms with E-state index < -0.39 is 29.3 Å². The van der Waals surface area contributed by atoms with Crippen LogP contribution in [-0.4, -0.2) is 27.0 Å². The lowest BCUT2D eigenvalue weighted by molar-refractivity contribution is -0.132. The van der Waals surface area contributed by atoms with Crippen LogP contribution in [-0.2, 0) is 9.59 Å². The van der Waals surface area contributed by atoms with Gasteiger partial charge in [-0.1, -0.05) is 41.1 Å². The minimum atomic E-state index is -1.18. The van der Waals surface area contributed by atoms with E-state index in [2.05, 4.69) is 10.2 Å². The fraction of sp³-hybridized carbons (Fsp3) is 0.100. The van der Waals surface area contributed by atoms with Crippen molar-refractivity contribution in [2.24, 2.45) is 0 Å². The number of aliphatic hydroxyl groups excluding tert-OH is 1. The van der Waals surface area contributed by atoms with Crippen molar-refractivity contribution in [2.75, 3.05) is 4.90 Å². The third-order valence-electron chi connectivity index (χ3n) is 4.48. The number of amides is 1. The van der Waals surface area contributed by atoms with Gasteiger partial charge in [0.1, 0.15) is 22.6 Å². The van der Waals surface area contributed by atoms with E-state index in [1.807, 2.05) is 0 Å². The molecule has 2 heterocycles. The number of hydrogen-bond donors (Lipinski definition) is 1. The van der Waals surface area contributed by atoms with Crippen molar-refractivity contribution in [3.63, 3.8) is 0 Å². The number of aliphatic hydroxyl groups is 1. The Bertz CT molecular complexity index is 1160. The minimum Gasteiger partial charge on any atom is -0.507 e. The molecule has 2 aromatic carbocycles. The first-order valence-corrected chi connectivity index (χ1v) is 9.69. The summed E-state index contributed by atoms with van der Waals surface area (Å²) >= 11 is 6.98. The highest BCUT2D eigenvalue weighted by Gasteiger charge is 2.49. The minimum absolute atomic E-state index is 0.0649. The summed E-state index contributed by atoms with van der Waals surface area (Å²) < 4.78 is 14.7. The maximum atomic E-state index is 14.7. The number of nitrogens with zero attached hydrogens (tertiary/aromatic N) is 3. The predicted molar refractivity (Wildman–Crippen MR) is 107 cm³/mol. The van der Waals surface area contributed by atoms with Crippen LogP contribution in [0.3, 0.4) is 0 Å². The van der Waals surface area contributed by atoms with Crippen molar-refractivity contribution in [2.45, 2.75) is 13.0 Å². The van der Waals surface area contributed by atoms with E-state index >= 15 is 0 Å². The first-order valence-electron chi connectivity index (χ1n) is 8.50. The van der Waals surface area contributed by atoms with E-state index in [0.717, 1.165) is 16.2 Å². The van der Waals surface area contributed by atoms with Gasteiger partial charge in [-0.25, -0.2) is 4.39 Å². The second-order valence-electron chi connectivity index (χ2n) is 6.30. The van der Waals surface area contributed by atoms with Crippen LogP contribution in [0.5, 0.6) is 0 Å². The average molecular weight is 430 g/mol. The maximum absolute atomic E-state index is 14.7. The van der Waals surface area contributed by atoms with Crippen LogP contribution in [0.2, 0.25) is 5.02 Å². The third-order valence-corrected chi connectivity index (χ3v) is 5.57. The van der Waals surface area contributed by atoms with Crippen LogP contribution in [0.15, 0.2) is 54.1 Å². The Morgan fingerprint density at radius 1 is 1.14 bits per heavy atom. The molecule has 3 aromatic rings. The normalized spacial score (nSPS) is 18.4. The Kier molecular flexibility index (Phi) is 4.89. The Hall–Kier alpha value is -3.10. The molecule has 6 nitrogen and oxygen atoms in total. The van der Waals surface area contributed by atoms with Crippen molar-refractivity contribution in [3.05, 3.63) is 81.1 Å². The number of hydrogen-bond acceptors (Lipinski definition) is 6. The number of aromatic nitrogens is 2. The van der Waals surface area contributed by atoms with E-state index in [9.17, 15) is 19.1 Å². The van der Waals surface area contributed by atoms with E-state index in [1.54, 1.807) is 25.1 Å². The van der Waals surface area contributed by atoms with Crippen LogP contribution in [0.1, 0.15) is 22.2 Å². The number of benzene rings is 2. The van der Waals surface area contributed by atoms with Gasteiger partial charge in [0.05, 0.1) is 5.57 Å². The first kappa shape index (κ1) is 19.2. The standard InChI is InChI=1S/C20H13ClFN3O3S/c1-10-23-24-20(29-10)25-16(13-4-2-3-5-14(13)22)15(18(27)19(25)28)17(26)11-6-8-12(21)9-7-11/h2-9,16,26H,1H3/t16-/m1/s1. The molecule has 0 unspecified atom stereocenters. The number of rotatable bonds is 3. The van der Waals surface area contributed by atoms with Gasteiger partial charge >= 0.3 is 5.91 Å². The zero-order chi connectivity index (χ0) is 20.7. The topological polar surface area (TPSA) is 83.4 Å². The quantitative estimate of drug-likeness (QED) is 0.382. The Labute approximate surface area is 173 Å². The molecule has 0 spiro atoms. The highest BCUT2D eigenvalue weighted by atomic mass is 35.5. The molecule has 1 fully saturated rings. The molecule has 29 heavy (non-hydrogen) atoms. The lowest BCUT2D eigenvalue weighted by Crippen LogP contribution is -2.29. The first-order chi connectivity index (χ1) is 13.9. The highest BCUT2D eigenvalue weighted by molar-refractivity contribution is 7.15. The Morgan fingerprint density at radius 3 is 2.45 bits per heavy atom. The van der Waals surface area contributed by atoms with Crippen molar-refractivity contribution < 1.29 is 19.1 Å². The van der Waals surface area contributed by atoms with E-state index in [0.29, 0.717) is 10.0 Å². The summed E-state index contributed by atoms with van der Waals surface area (Å²) in [5, 5.41) is 19.9. The summed E-state index contributed by atoms with van der Waals surface area (Å²) in [5.41, 5.74) is 0.118. The number of anilines is 1. The number of carbonyl (C=O) groups is 2. The monoisotopic (exact) mass is 429 g/mol. The second kappa shape index (κ2) is 7.38. The van der Waals surface area contributed by atoms with Gasteiger partial charge in [-0.15, -0.1) is 10.2 Å². The highest BCUT2D eigenvalue weighted by Crippen LogP contribution is 2.43. The van der Waals surface area contributed by atoms with Crippen molar-refractivity contribution in [1.29, 1.82) is 0 Å². The van der Waals surface area contributed by atoms with Gasteiger partial charge in [0.2, 0.25) is 5.13 Å². The predicted octanol–water partition coefficient (Wildman–Crippen LogP) is 4.27. The van der Waals surface area contributed by atoms with Gasteiger partial charge in [0.25, 0.3) is 5.78 Å². The molecule has 1 aliphatic rings. The van der Waals surface area contributed by atoms with E-state index in [1.165, 1.54) is 30.3 Å². The SMILES string of the molecule is Cc1nnc(N2C(=O)C(=O)C(=C(O)c3ccc(Cl)cc3)[C@H]2c2ccccc2F)s1. The molecule has 1 N–H and O–H groups in total. The molecule has 1 saturated heterocycles. The third kappa shape index (κ3) is 3.30. The number of halogens is 2. The molecule has 1 amide bonds. The Morgan fingerprint density at radius 2 is 1.83 bits per heavy atom. The van der Waals surface area contributed by atoms with Gasteiger partial charge in [0, 0.05) is 16.1 Å². The van der Waals surface area contributed by atoms with Crippen LogP contribution in [0.4, 0.5) is 9.52 Å². The van der Waals surface area contributed by atoms with E-state index in [-0.39, 0.29) is 21.8 Å². The molecular formula is C20H13ClFN3O3S. The fourth-order valence-electron chi connectivity index (χ4n) is 3.17. The molecule has 0 aliphatic carbocycles. The molecule has 0 saturated carbocycles. The van der Waals surface area contributed by atoms with Gasteiger partial charge in [-0.2, -0.15) is 0 Å². The fourth-order valence-corrected chi connectivity index (χ4v) is 4.01. The smallest absolute Gasteiger partial charge is 0.301 e. The number of aryl methyl sites for hydroxylation is 1. The molecule has 0 bridgehead atoms. The van der Waals surface area contributed by atoms with Crippen LogP contribution in [0, 0.1) is 12.7 Å². The summed E-state index contributed by atoms with van der Waals surface area (Å²) in [6.45, 7) is 1.70. The van der Waals surface area contributed by atoms with Crippen LogP contribution in [0.25, 0.3) is 5.76 Å². The lowest BCUT2D eigenvalue weighted by Gasteiger charge is -2.22. The number of Topliss-reactive ketones (excluding diaryl/α,β-unsaturated/α-hetero) is 1. The molecule has 0 radical (unpaired) electrons. The zero-order valence-corrected chi connectivity index (χ0v) is 16.5. The average Bonchev–Trinajstić information content (AvgIpc) is 3.23. The summed E-state index contributed by atoms with van der Waals surface area (Å²) in [7, 11) is 0. The van der Waals surface area contributed by atoms with Crippen LogP contribution >= 0.6 is 22.9 Å². The molecular weight excluding hydrogens is 417 g/mol. The maximum Gasteiger partial charge on any atom is 0.301 e. The van der Waals surface area contributed by atoms with Crippen molar-refractivity contribution in [1.82, 2.24) is 10.2 Å². The summed E-state index contributed by atoms with van der Waals surface area (Å²) in [6, 6.07) is 10.7. The molecule has 1 atom stereocenters. The van der Waals surface area contributed by atoms with E-state index in [4.69, 9.17) is 11.6 Å². The van der Waals surface area contributed by atoms with Gasteiger partial charge in [-0.3, -0.25) is 14.5 Å². The van der Waals surface area contributed by atoms with Gasteiger partial charge in [0.15, 0.2) is 0 Å². The molecule has 1 aliphatic heterocycles. The van der Waals surface area contributed by atoms with Gasteiger partial charge in [-0.05, 0) is 37.3 Å². The van der Waals surface area contributed by atoms with Crippen molar-refractivity contribution >= 4 is 45.5 Å². The molecule has 4 rings (SSSR count). The molecule has 146 valence electrons. The molecule has 9 heteroatoms. The molecule has 1 aromatic heterocycles. The summed E-state index contributed by atoms with van der Waals surface area (Å²) in [4.78, 5) is 26.8. The second-order valence-corrected chi connectivity index (χ2v) is 7.90. The summed E-state index contributed by atoms with van der Waals surface area (Å²) in [5.74, 6) is -2.88.